The Labute approximate surface area is 148 Å². The fourth-order valence-corrected chi connectivity index (χ4v) is 3.81. The molecule has 7 nitrogen and oxygen atoms in total. The third kappa shape index (κ3) is 4.20. The maximum Gasteiger partial charge on any atom is 0.263 e. The lowest BCUT2D eigenvalue weighted by Gasteiger charge is -2.07. The number of carbonyl (C=O) groups excluding carboxylic acids is 1. The number of amides is 1. The lowest BCUT2D eigenvalue weighted by molar-refractivity contribution is 0.102. The van der Waals surface area contributed by atoms with Gasteiger partial charge in [-0.15, -0.1) is 11.3 Å². The Morgan fingerprint density at radius 1 is 1.08 bits per heavy atom. The van der Waals surface area contributed by atoms with Crippen LogP contribution in [0.2, 0.25) is 0 Å². The van der Waals surface area contributed by atoms with E-state index in [0.29, 0.717) is 11.4 Å². The summed E-state index contributed by atoms with van der Waals surface area (Å²) in [4.78, 5) is 20.2. The quantitative estimate of drug-likeness (QED) is 0.715. The Morgan fingerprint density at radius 2 is 1.84 bits per heavy atom. The average Bonchev–Trinajstić information content (AvgIpc) is 3.07. The SMILES string of the molecule is Cc1ccnc(NC(=O)c2ccc(S(=O)(=O)Nc3nccs3)cc2)c1. The van der Waals surface area contributed by atoms with Gasteiger partial charge in [-0.3, -0.25) is 9.52 Å². The summed E-state index contributed by atoms with van der Waals surface area (Å²) in [5.74, 6) is 0.0714. The summed E-state index contributed by atoms with van der Waals surface area (Å²) in [5.41, 5.74) is 1.30. The van der Waals surface area contributed by atoms with Gasteiger partial charge < -0.3 is 5.32 Å². The second-order valence-corrected chi connectivity index (χ2v) is 7.72. The van der Waals surface area contributed by atoms with E-state index in [0.717, 1.165) is 5.56 Å². The highest BCUT2D eigenvalue weighted by Crippen LogP contribution is 2.18. The van der Waals surface area contributed by atoms with Crippen molar-refractivity contribution in [2.45, 2.75) is 11.8 Å². The molecule has 0 saturated carbocycles. The maximum atomic E-state index is 12.3. The summed E-state index contributed by atoms with van der Waals surface area (Å²) >= 11 is 1.18. The highest BCUT2D eigenvalue weighted by atomic mass is 32.2. The van der Waals surface area contributed by atoms with Crippen molar-refractivity contribution in [2.24, 2.45) is 0 Å². The lowest BCUT2D eigenvalue weighted by Crippen LogP contribution is -2.15. The molecule has 0 aliphatic rings. The molecule has 0 fully saturated rings. The van der Waals surface area contributed by atoms with Gasteiger partial charge in [0.05, 0.1) is 4.90 Å². The smallest absolute Gasteiger partial charge is 0.263 e. The zero-order chi connectivity index (χ0) is 17.9. The van der Waals surface area contributed by atoms with E-state index in [2.05, 4.69) is 20.0 Å². The van der Waals surface area contributed by atoms with Gasteiger partial charge >= 0.3 is 0 Å². The van der Waals surface area contributed by atoms with E-state index in [1.807, 2.05) is 13.0 Å². The number of anilines is 2. The van der Waals surface area contributed by atoms with Gasteiger partial charge in [-0.05, 0) is 48.9 Å². The zero-order valence-electron chi connectivity index (χ0n) is 13.1. The van der Waals surface area contributed by atoms with E-state index in [1.54, 1.807) is 17.6 Å². The third-order valence-electron chi connectivity index (χ3n) is 3.24. The molecule has 2 heterocycles. The summed E-state index contributed by atoms with van der Waals surface area (Å²) in [6, 6.07) is 9.20. The Hall–Kier alpha value is -2.78. The van der Waals surface area contributed by atoms with Gasteiger partial charge in [0.15, 0.2) is 5.13 Å². The number of sulfonamides is 1. The molecule has 9 heteroatoms. The molecule has 0 spiro atoms. The Kier molecular flexibility index (Phi) is 4.77. The normalized spacial score (nSPS) is 11.1. The Morgan fingerprint density at radius 3 is 2.48 bits per heavy atom. The number of hydrogen-bond acceptors (Lipinski definition) is 6. The molecule has 0 unspecified atom stereocenters. The van der Waals surface area contributed by atoms with E-state index >= 15 is 0 Å². The van der Waals surface area contributed by atoms with Crippen LogP contribution in [0.5, 0.6) is 0 Å². The third-order valence-corrected chi connectivity index (χ3v) is 5.41. The number of thiazole rings is 1. The molecule has 0 aliphatic heterocycles. The molecule has 0 atom stereocenters. The molecule has 128 valence electrons. The number of rotatable bonds is 5. The standard InChI is InChI=1S/C16H14N4O3S2/c1-11-6-7-17-14(10-11)19-15(21)12-2-4-13(5-3-12)25(22,23)20-16-18-8-9-24-16/h2-10H,1H3,(H,18,20)(H,17,19,21). The summed E-state index contributed by atoms with van der Waals surface area (Å²) in [7, 11) is -3.74. The first-order valence-corrected chi connectivity index (χ1v) is 9.57. The van der Waals surface area contributed by atoms with E-state index in [-0.39, 0.29) is 15.9 Å². The van der Waals surface area contributed by atoms with Crippen LogP contribution in [0.15, 0.2) is 59.1 Å². The molecule has 0 bridgehead atoms. The molecule has 2 N–H and O–H groups in total. The van der Waals surface area contributed by atoms with Crippen LogP contribution in [0.1, 0.15) is 15.9 Å². The minimum atomic E-state index is -3.74. The summed E-state index contributed by atoms with van der Waals surface area (Å²) in [5, 5.41) is 4.63. The summed E-state index contributed by atoms with van der Waals surface area (Å²) < 4.78 is 26.9. The number of nitrogens with one attached hydrogen (secondary N) is 2. The number of aryl methyl sites for hydroxylation is 1. The predicted molar refractivity (Wildman–Crippen MR) is 96.3 cm³/mol. The second-order valence-electron chi connectivity index (χ2n) is 5.14. The largest absolute Gasteiger partial charge is 0.307 e. The number of nitrogens with zero attached hydrogens (tertiary/aromatic N) is 2. The molecular formula is C16H14N4O3S2. The first-order valence-electron chi connectivity index (χ1n) is 7.20. The van der Waals surface area contributed by atoms with Gasteiger partial charge in [-0.25, -0.2) is 18.4 Å². The van der Waals surface area contributed by atoms with E-state index in [4.69, 9.17) is 0 Å². The molecule has 0 radical (unpaired) electrons. The van der Waals surface area contributed by atoms with E-state index in [9.17, 15) is 13.2 Å². The van der Waals surface area contributed by atoms with Gasteiger partial charge in [0.2, 0.25) is 0 Å². The molecule has 0 saturated heterocycles. The van der Waals surface area contributed by atoms with Crippen molar-refractivity contribution in [1.82, 2.24) is 9.97 Å². The molecule has 3 aromatic rings. The van der Waals surface area contributed by atoms with E-state index < -0.39 is 10.0 Å². The van der Waals surface area contributed by atoms with Crippen molar-refractivity contribution in [2.75, 3.05) is 10.0 Å². The molecular weight excluding hydrogens is 360 g/mol. The van der Waals surface area contributed by atoms with Crippen molar-refractivity contribution in [3.63, 3.8) is 0 Å². The molecule has 25 heavy (non-hydrogen) atoms. The minimum Gasteiger partial charge on any atom is -0.307 e. The fraction of sp³-hybridized carbons (Fsp3) is 0.0625. The second kappa shape index (κ2) is 6.99. The number of aromatic nitrogens is 2. The molecule has 1 aromatic carbocycles. The van der Waals surface area contributed by atoms with Crippen molar-refractivity contribution < 1.29 is 13.2 Å². The van der Waals surface area contributed by atoms with Crippen molar-refractivity contribution in [3.05, 3.63) is 65.3 Å². The number of pyridine rings is 1. The van der Waals surface area contributed by atoms with Crippen LogP contribution >= 0.6 is 11.3 Å². The van der Waals surface area contributed by atoms with Crippen molar-refractivity contribution in [1.29, 1.82) is 0 Å². The number of carbonyl (C=O) groups is 1. The topological polar surface area (TPSA) is 101 Å². The Bertz CT molecular complexity index is 984. The van der Waals surface area contributed by atoms with Crippen LogP contribution in [-0.2, 0) is 10.0 Å². The van der Waals surface area contributed by atoms with Gasteiger partial charge in [-0.2, -0.15) is 0 Å². The highest BCUT2D eigenvalue weighted by molar-refractivity contribution is 7.93. The van der Waals surface area contributed by atoms with Crippen molar-refractivity contribution in [3.8, 4) is 0 Å². The van der Waals surface area contributed by atoms with Crippen LogP contribution in [0, 0.1) is 6.92 Å². The average molecular weight is 374 g/mol. The van der Waals surface area contributed by atoms with Crippen LogP contribution in [0.25, 0.3) is 0 Å². The molecule has 2 aromatic heterocycles. The van der Waals surface area contributed by atoms with Gasteiger partial charge in [0.25, 0.3) is 15.9 Å². The first kappa shape index (κ1) is 17.1. The monoisotopic (exact) mass is 374 g/mol. The first-order chi connectivity index (χ1) is 11.9. The van der Waals surface area contributed by atoms with Gasteiger partial charge in [0, 0.05) is 23.3 Å². The highest BCUT2D eigenvalue weighted by Gasteiger charge is 2.16. The summed E-state index contributed by atoms with van der Waals surface area (Å²) in [6.07, 6.45) is 3.11. The predicted octanol–water partition coefficient (Wildman–Crippen LogP) is 2.90. The number of hydrogen-bond donors (Lipinski definition) is 2. The van der Waals surface area contributed by atoms with Crippen LogP contribution in [-0.4, -0.2) is 24.3 Å². The minimum absolute atomic E-state index is 0.0490. The lowest BCUT2D eigenvalue weighted by atomic mass is 10.2. The molecule has 0 aliphatic carbocycles. The van der Waals surface area contributed by atoms with Crippen LogP contribution < -0.4 is 10.0 Å². The van der Waals surface area contributed by atoms with Crippen LogP contribution in [0.4, 0.5) is 10.9 Å². The number of benzene rings is 1. The Balaban J connectivity index is 1.74. The molecule has 1 amide bonds. The maximum absolute atomic E-state index is 12.3. The van der Waals surface area contributed by atoms with E-state index in [1.165, 1.54) is 41.8 Å². The van der Waals surface area contributed by atoms with Crippen LogP contribution in [0.3, 0.4) is 0 Å². The fourth-order valence-electron chi connectivity index (χ4n) is 2.03. The summed E-state index contributed by atoms with van der Waals surface area (Å²) in [6.45, 7) is 1.90. The molecule has 3 rings (SSSR count). The zero-order valence-corrected chi connectivity index (χ0v) is 14.8. The van der Waals surface area contributed by atoms with Gasteiger partial charge in [-0.1, -0.05) is 0 Å². The van der Waals surface area contributed by atoms with Gasteiger partial charge in [0.1, 0.15) is 5.82 Å². The van der Waals surface area contributed by atoms with Crippen molar-refractivity contribution >= 4 is 38.2 Å².